The van der Waals surface area contributed by atoms with Gasteiger partial charge >= 0.3 is 5.97 Å². The quantitative estimate of drug-likeness (QED) is 0.318. The summed E-state index contributed by atoms with van der Waals surface area (Å²) in [5, 5.41) is 14.5. The van der Waals surface area contributed by atoms with E-state index in [4.69, 9.17) is 32.7 Å². The van der Waals surface area contributed by atoms with Crippen molar-refractivity contribution in [2.24, 2.45) is 7.05 Å². The summed E-state index contributed by atoms with van der Waals surface area (Å²) in [6, 6.07) is 4.95. The van der Waals surface area contributed by atoms with Gasteiger partial charge in [0.15, 0.2) is 16.1 Å². The molecule has 1 aromatic carbocycles. The van der Waals surface area contributed by atoms with E-state index in [1.807, 2.05) is 0 Å². The molecule has 2 heterocycles. The minimum atomic E-state index is -0.356. The van der Waals surface area contributed by atoms with Crippen LogP contribution in [-0.2, 0) is 34.4 Å². The monoisotopic (exact) mass is 515 g/mol. The van der Waals surface area contributed by atoms with E-state index in [9.17, 15) is 9.59 Å². The van der Waals surface area contributed by atoms with Crippen molar-refractivity contribution in [1.82, 2.24) is 19.7 Å². The highest BCUT2D eigenvalue weighted by Gasteiger charge is 2.14. The number of ether oxygens (including phenoxy) is 2. The minimum absolute atomic E-state index is 0.0686. The number of amides is 1. The van der Waals surface area contributed by atoms with Crippen LogP contribution < -0.4 is 10.1 Å². The zero-order chi connectivity index (χ0) is 23.1. The van der Waals surface area contributed by atoms with Gasteiger partial charge < -0.3 is 19.4 Å². The Balaban J connectivity index is 1.49. The van der Waals surface area contributed by atoms with Crippen LogP contribution >= 0.6 is 46.3 Å². The highest BCUT2D eigenvalue weighted by atomic mass is 35.5. The van der Waals surface area contributed by atoms with Crippen LogP contribution in [0.4, 0.5) is 5.13 Å². The van der Waals surface area contributed by atoms with Gasteiger partial charge in [-0.05, 0) is 19.1 Å². The van der Waals surface area contributed by atoms with Gasteiger partial charge in [-0.3, -0.25) is 9.59 Å². The van der Waals surface area contributed by atoms with Crippen molar-refractivity contribution in [1.29, 1.82) is 0 Å². The number of hydrogen-bond donors (Lipinski definition) is 1. The average molecular weight is 516 g/mol. The van der Waals surface area contributed by atoms with Crippen molar-refractivity contribution < 1.29 is 19.1 Å². The molecular formula is C19H19Cl2N5O4S2. The van der Waals surface area contributed by atoms with Crippen LogP contribution in [-0.4, -0.2) is 44.0 Å². The topological polar surface area (TPSA) is 108 Å². The maximum absolute atomic E-state index is 12.3. The minimum Gasteiger partial charge on any atom is -0.484 e. The largest absolute Gasteiger partial charge is 0.484 e. The number of nitrogens with one attached hydrogen (secondary N) is 1. The Bertz CT molecular complexity index is 1110. The number of carbonyl (C=O) groups is 2. The van der Waals surface area contributed by atoms with Crippen molar-refractivity contribution in [3.05, 3.63) is 45.1 Å². The van der Waals surface area contributed by atoms with Crippen molar-refractivity contribution in [2.75, 3.05) is 17.7 Å². The zero-order valence-electron chi connectivity index (χ0n) is 17.1. The van der Waals surface area contributed by atoms with Gasteiger partial charge in [0.05, 0.1) is 29.5 Å². The van der Waals surface area contributed by atoms with Crippen LogP contribution in [0.3, 0.4) is 0 Å². The lowest BCUT2D eigenvalue weighted by Crippen LogP contribution is -2.15. The first-order chi connectivity index (χ1) is 15.4. The van der Waals surface area contributed by atoms with Crippen molar-refractivity contribution in [2.45, 2.75) is 25.1 Å². The molecule has 32 heavy (non-hydrogen) atoms. The molecule has 0 aliphatic rings. The Morgan fingerprint density at radius 1 is 1.28 bits per heavy atom. The Hall–Kier alpha value is -2.34. The Labute approximate surface area is 202 Å². The van der Waals surface area contributed by atoms with Gasteiger partial charge in [-0.25, -0.2) is 4.98 Å². The molecule has 170 valence electrons. The summed E-state index contributed by atoms with van der Waals surface area (Å²) < 4.78 is 12.3. The van der Waals surface area contributed by atoms with E-state index < -0.39 is 0 Å². The molecule has 1 amide bonds. The van der Waals surface area contributed by atoms with E-state index in [0.29, 0.717) is 44.2 Å². The number of carbonyl (C=O) groups excluding carboxylic acids is 2. The van der Waals surface area contributed by atoms with E-state index in [-0.39, 0.29) is 30.7 Å². The maximum atomic E-state index is 12.3. The second-order valence-electron chi connectivity index (χ2n) is 6.28. The van der Waals surface area contributed by atoms with Gasteiger partial charge in [-0.1, -0.05) is 35.0 Å². The van der Waals surface area contributed by atoms with Crippen LogP contribution in [0.1, 0.15) is 18.4 Å². The van der Waals surface area contributed by atoms with Crippen LogP contribution in [0.25, 0.3) is 0 Å². The molecule has 0 atom stereocenters. The van der Waals surface area contributed by atoms with Crippen LogP contribution in [0.5, 0.6) is 5.75 Å². The average Bonchev–Trinajstić information content (AvgIpc) is 3.33. The normalized spacial score (nSPS) is 10.8. The summed E-state index contributed by atoms with van der Waals surface area (Å²) >= 11 is 14.5. The van der Waals surface area contributed by atoms with Crippen molar-refractivity contribution >= 4 is 63.3 Å². The molecule has 3 aromatic rings. The smallest absolute Gasteiger partial charge is 0.311 e. The molecule has 0 saturated carbocycles. The van der Waals surface area contributed by atoms with Crippen LogP contribution in [0, 0.1) is 0 Å². The first kappa shape index (κ1) is 24.3. The van der Waals surface area contributed by atoms with Gasteiger partial charge in [-0.15, -0.1) is 21.5 Å². The fourth-order valence-corrected chi connectivity index (χ4v) is 4.21. The number of thiazole rings is 1. The summed E-state index contributed by atoms with van der Waals surface area (Å²) in [4.78, 5) is 28.0. The molecule has 2 aromatic heterocycles. The van der Waals surface area contributed by atoms with E-state index in [1.165, 1.54) is 23.1 Å². The Morgan fingerprint density at radius 3 is 2.88 bits per heavy atom. The third-order valence-electron chi connectivity index (χ3n) is 3.94. The molecule has 0 saturated heterocycles. The molecule has 0 unspecified atom stereocenters. The first-order valence-electron chi connectivity index (χ1n) is 9.34. The fraction of sp³-hybridized carbons (Fsp3) is 0.316. The number of nitrogens with zero attached hydrogens (tertiary/aromatic N) is 4. The van der Waals surface area contributed by atoms with Gasteiger partial charge in [0.25, 0.3) is 0 Å². The zero-order valence-corrected chi connectivity index (χ0v) is 20.3. The van der Waals surface area contributed by atoms with E-state index in [0.717, 1.165) is 0 Å². The van der Waals surface area contributed by atoms with E-state index in [2.05, 4.69) is 20.5 Å². The number of esters is 1. The molecule has 1 N–H and O–H groups in total. The second kappa shape index (κ2) is 11.5. The molecule has 0 aliphatic heterocycles. The summed E-state index contributed by atoms with van der Waals surface area (Å²) in [6.45, 7) is 2.19. The lowest BCUT2D eigenvalue weighted by atomic mass is 10.3. The highest BCUT2D eigenvalue weighted by molar-refractivity contribution is 7.99. The third kappa shape index (κ3) is 6.83. The van der Waals surface area contributed by atoms with Crippen molar-refractivity contribution in [3.8, 4) is 5.75 Å². The number of benzene rings is 1. The molecule has 0 bridgehead atoms. The molecule has 0 fully saturated rings. The van der Waals surface area contributed by atoms with Gasteiger partial charge in [0.2, 0.25) is 5.91 Å². The molecule has 0 aliphatic carbocycles. The first-order valence-corrected chi connectivity index (χ1v) is 12.0. The number of rotatable bonds is 10. The van der Waals surface area contributed by atoms with E-state index in [1.54, 1.807) is 42.1 Å². The standard InChI is InChI=1S/C19H19Cl2N5O4S2/c1-3-29-17(28)7-12-9-31-18(22-12)23-16(27)10-32-19-25-24-15(26(19)2)8-30-14-6-11(20)4-5-13(14)21/h4-6,9H,3,7-8,10H2,1-2H3,(H,22,23,27). The Kier molecular flexibility index (Phi) is 8.74. The molecule has 0 radical (unpaired) electrons. The molecule has 0 spiro atoms. The van der Waals surface area contributed by atoms with Gasteiger partial charge in [-0.2, -0.15) is 0 Å². The molecule has 3 rings (SSSR count). The summed E-state index contributed by atoms with van der Waals surface area (Å²) in [6.07, 6.45) is 0.0686. The predicted molar refractivity (Wildman–Crippen MR) is 124 cm³/mol. The van der Waals surface area contributed by atoms with Crippen LogP contribution in [0.2, 0.25) is 10.0 Å². The number of anilines is 1. The highest BCUT2D eigenvalue weighted by Crippen LogP contribution is 2.28. The lowest BCUT2D eigenvalue weighted by Gasteiger charge is -2.08. The second-order valence-corrected chi connectivity index (χ2v) is 8.93. The van der Waals surface area contributed by atoms with E-state index >= 15 is 0 Å². The molecule has 13 heteroatoms. The summed E-state index contributed by atoms with van der Waals surface area (Å²) in [7, 11) is 1.78. The number of aromatic nitrogens is 4. The van der Waals surface area contributed by atoms with Gasteiger partial charge in [0, 0.05) is 23.5 Å². The third-order valence-corrected chi connectivity index (χ3v) is 6.31. The summed E-state index contributed by atoms with van der Waals surface area (Å²) in [5.41, 5.74) is 0.550. The molecule has 9 nitrogen and oxygen atoms in total. The number of halogens is 2. The lowest BCUT2D eigenvalue weighted by molar-refractivity contribution is -0.142. The van der Waals surface area contributed by atoms with Gasteiger partial charge in [0.1, 0.15) is 12.4 Å². The fourth-order valence-electron chi connectivity index (χ4n) is 2.42. The number of thioether (sulfide) groups is 1. The number of hydrogen-bond acceptors (Lipinski definition) is 9. The maximum Gasteiger partial charge on any atom is 0.311 e. The SMILES string of the molecule is CCOC(=O)Cc1csc(NC(=O)CSc2nnc(COc3cc(Cl)ccc3Cl)n2C)n1. The van der Waals surface area contributed by atoms with Crippen molar-refractivity contribution in [3.63, 3.8) is 0 Å². The molecular weight excluding hydrogens is 497 g/mol. The summed E-state index contributed by atoms with van der Waals surface area (Å²) in [5.74, 6) is 0.512. The Morgan fingerprint density at radius 2 is 2.09 bits per heavy atom. The predicted octanol–water partition coefficient (Wildman–Crippen LogP) is 3.99. The van der Waals surface area contributed by atoms with Crippen LogP contribution in [0.15, 0.2) is 28.7 Å².